The maximum atomic E-state index is 13.5. The monoisotopic (exact) mass is 416 g/mol. The third-order valence-electron chi connectivity index (χ3n) is 6.87. The predicted molar refractivity (Wildman–Crippen MR) is 106 cm³/mol. The number of fused-ring (bicyclic) bond motifs is 2. The van der Waals surface area contributed by atoms with Crippen molar-refractivity contribution in [3.63, 3.8) is 0 Å². The Kier molecular flexibility index (Phi) is 4.98. The SMILES string of the molecule is O=C1CN(C(=O)[C@]23CCCCN2C[C@@H](NC(=O)c2n[nH]c4c2COCC4)C3)CCN1. The molecule has 2 atom stereocenters. The Morgan fingerprint density at radius 3 is 3.03 bits per heavy atom. The first-order chi connectivity index (χ1) is 14.6. The minimum atomic E-state index is -0.623. The van der Waals surface area contributed by atoms with Gasteiger partial charge in [-0.3, -0.25) is 24.4 Å². The third-order valence-corrected chi connectivity index (χ3v) is 6.87. The number of amides is 3. The van der Waals surface area contributed by atoms with Gasteiger partial charge in [-0.25, -0.2) is 0 Å². The Morgan fingerprint density at radius 2 is 2.17 bits per heavy atom. The normalized spacial score (nSPS) is 29.1. The number of carbonyl (C=O) groups is 3. The molecule has 5 rings (SSSR count). The molecule has 3 amide bonds. The summed E-state index contributed by atoms with van der Waals surface area (Å²) < 4.78 is 5.48. The van der Waals surface area contributed by atoms with Crippen molar-refractivity contribution < 1.29 is 19.1 Å². The van der Waals surface area contributed by atoms with Crippen LogP contribution in [0.5, 0.6) is 0 Å². The summed E-state index contributed by atoms with van der Waals surface area (Å²) in [7, 11) is 0. The number of carbonyl (C=O) groups excluding carboxylic acids is 3. The maximum absolute atomic E-state index is 13.5. The molecule has 4 aliphatic rings. The number of hydrogen-bond donors (Lipinski definition) is 3. The quantitative estimate of drug-likeness (QED) is 0.592. The predicted octanol–water partition coefficient (Wildman–Crippen LogP) is -0.832. The summed E-state index contributed by atoms with van der Waals surface area (Å²) >= 11 is 0. The fourth-order valence-corrected chi connectivity index (χ4v) is 5.41. The van der Waals surface area contributed by atoms with Crippen molar-refractivity contribution in [3.8, 4) is 0 Å². The second-order valence-corrected chi connectivity index (χ2v) is 8.72. The van der Waals surface area contributed by atoms with E-state index in [9.17, 15) is 14.4 Å². The first-order valence-electron chi connectivity index (χ1n) is 10.8. The second-order valence-electron chi connectivity index (χ2n) is 8.72. The fourth-order valence-electron chi connectivity index (χ4n) is 5.41. The third kappa shape index (κ3) is 3.27. The van der Waals surface area contributed by atoms with E-state index in [1.54, 1.807) is 4.90 Å². The summed E-state index contributed by atoms with van der Waals surface area (Å²) in [4.78, 5) is 42.2. The van der Waals surface area contributed by atoms with Crippen LogP contribution in [0.3, 0.4) is 0 Å². The molecule has 0 saturated carbocycles. The van der Waals surface area contributed by atoms with E-state index in [-0.39, 0.29) is 30.3 Å². The Bertz CT molecular complexity index is 869. The topological polar surface area (TPSA) is 120 Å². The van der Waals surface area contributed by atoms with Crippen LogP contribution in [0.2, 0.25) is 0 Å². The molecule has 30 heavy (non-hydrogen) atoms. The zero-order chi connectivity index (χ0) is 20.7. The molecule has 3 saturated heterocycles. The van der Waals surface area contributed by atoms with Gasteiger partial charge in [-0.2, -0.15) is 5.10 Å². The van der Waals surface area contributed by atoms with E-state index in [0.29, 0.717) is 45.0 Å². The lowest BCUT2D eigenvalue weighted by molar-refractivity contribution is -0.149. The van der Waals surface area contributed by atoms with Crippen LogP contribution < -0.4 is 10.6 Å². The van der Waals surface area contributed by atoms with E-state index in [1.807, 2.05) is 0 Å². The maximum Gasteiger partial charge on any atom is 0.272 e. The van der Waals surface area contributed by atoms with Crippen LogP contribution in [0, 0.1) is 0 Å². The molecule has 3 fully saturated rings. The van der Waals surface area contributed by atoms with Gasteiger partial charge in [0.1, 0.15) is 5.54 Å². The van der Waals surface area contributed by atoms with E-state index < -0.39 is 5.54 Å². The van der Waals surface area contributed by atoms with E-state index in [1.165, 1.54) is 0 Å². The van der Waals surface area contributed by atoms with Crippen LogP contribution >= 0.6 is 0 Å². The summed E-state index contributed by atoms with van der Waals surface area (Å²) in [5.74, 6) is -0.302. The molecule has 3 N–H and O–H groups in total. The van der Waals surface area contributed by atoms with Crippen molar-refractivity contribution in [1.82, 2.24) is 30.6 Å². The highest BCUT2D eigenvalue weighted by atomic mass is 16.5. The van der Waals surface area contributed by atoms with Crippen molar-refractivity contribution in [2.75, 3.05) is 39.3 Å². The zero-order valence-electron chi connectivity index (χ0n) is 17.0. The van der Waals surface area contributed by atoms with Crippen molar-refractivity contribution in [2.45, 2.75) is 50.3 Å². The Morgan fingerprint density at radius 1 is 1.27 bits per heavy atom. The minimum absolute atomic E-state index is 0.0272. The number of ether oxygens (including phenoxy) is 1. The number of nitrogens with zero attached hydrogens (tertiary/aromatic N) is 3. The van der Waals surface area contributed by atoms with Crippen molar-refractivity contribution in [3.05, 3.63) is 17.0 Å². The summed E-state index contributed by atoms with van der Waals surface area (Å²) in [5.41, 5.74) is 1.56. The lowest BCUT2D eigenvalue weighted by Gasteiger charge is -2.44. The molecule has 0 spiro atoms. The Balaban J connectivity index is 1.32. The molecule has 1 aromatic rings. The van der Waals surface area contributed by atoms with Gasteiger partial charge in [0.2, 0.25) is 11.8 Å². The van der Waals surface area contributed by atoms with Crippen LogP contribution in [0.4, 0.5) is 0 Å². The van der Waals surface area contributed by atoms with Crippen molar-refractivity contribution in [1.29, 1.82) is 0 Å². The number of aromatic nitrogens is 2. The number of piperazine rings is 1. The second kappa shape index (κ2) is 7.66. The number of rotatable bonds is 3. The lowest BCUT2D eigenvalue weighted by atomic mass is 9.84. The molecule has 0 bridgehead atoms. The number of piperidine rings is 1. The molecular formula is C20H28N6O4. The van der Waals surface area contributed by atoms with Gasteiger partial charge in [-0.1, -0.05) is 0 Å². The molecule has 0 unspecified atom stereocenters. The Labute approximate surface area is 174 Å². The number of nitrogens with one attached hydrogen (secondary N) is 3. The first kappa shape index (κ1) is 19.5. The van der Waals surface area contributed by atoms with E-state index in [4.69, 9.17) is 4.74 Å². The molecule has 10 heteroatoms. The fraction of sp³-hybridized carbons (Fsp3) is 0.700. The van der Waals surface area contributed by atoms with Crippen molar-refractivity contribution >= 4 is 17.7 Å². The first-order valence-corrected chi connectivity index (χ1v) is 10.8. The van der Waals surface area contributed by atoms with Gasteiger partial charge in [0.05, 0.1) is 19.8 Å². The van der Waals surface area contributed by atoms with Crippen molar-refractivity contribution in [2.24, 2.45) is 0 Å². The highest BCUT2D eigenvalue weighted by molar-refractivity contribution is 5.95. The molecule has 4 aliphatic heterocycles. The lowest BCUT2D eigenvalue weighted by Crippen LogP contribution is -2.62. The molecule has 5 heterocycles. The average Bonchev–Trinajstić information content (AvgIpc) is 3.35. The van der Waals surface area contributed by atoms with Gasteiger partial charge < -0.3 is 20.3 Å². The summed E-state index contributed by atoms with van der Waals surface area (Å²) in [6, 6.07) is -0.130. The number of hydrogen-bond acceptors (Lipinski definition) is 6. The van der Waals surface area contributed by atoms with Gasteiger partial charge >= 0.3 is 0 Å². The van der Waals surface area contributed by atoms with Gasteiger partial charge in [-0.05, 0) is 32.2 Å². The van der Waals surface area contributed by atoms with E-state index in [0.717, 1.165) is 43.5 Å². The highest BCUT2D eigenvalue weighted by Gasteiger charge is 2.54. The molecule has 0 radical (unpaired) electrons. The largest absolute Gasteiger partial charge is 0.376 e. The molecule has 0 aromatic carbocycles. The summed E-state index contributed by atoms with van der Waals surface area (Å²) in [6.07, 6.45) is 4.09. The van der Waals surface area contributed by atoms with Crippen LogP contribution in [0.15, 0.2) is 0 Å². The smallest absolute Gasteiger partial charge is 0.272 e. The Hall–Kier alpha value is -2.46. The zero-order valence-corrected chi connectivity index (χ0v) is 17.0. The molecule has 0 aliphatic carbocycles. The van der Waals surface area contributed by atoms with Crippen LogP contribution in [-0.2, 0) is 27.4 Å². The average molecular weight is 416 g/mol. The van der Waals surface area contributed by atoms with Crippen LogP contribution in [-0.4, -0.2) is 88.6 Å². The summed E-state index contributed by atoms with van der Waals surface area (Å²) in [6.45, 7) is 3.65. The molecule has 10 nitrogen and oxygen atoms in total. The van der Waals surface area contributed by atoms with Gasteiger partial charge in [0, 0.05) is 43.4 Å². The number of H-pyrrole nitrogens is 1. The van der Waals surface area contributed by atoms with Gasteiger partial charge in [0.15, 0.2) is 5.69 Å². The van der Waals surface area contributed by atoms with Crippen LogP contribution in [0.1, 0.15) is 47.4 Å². The molecular weight excluding hydrogens is 388 g/mol. The highest BCUT2D eigenvalue weighted by Crippen LogP contribution is 2.39. The van der Waals surface area contributed by atoms with E-state index >= 15 is 0 Å². The van der Waals surface area contributed by atoms with E-state index in [2.05, 4.69) is 25.7 Å². The summed E-state index contributed by atoms with van der Waals surface area (Å²) in [5, 5.41) is 13.1. The number of aromatic amines is 1. The van der Waals surface area contributed by atoms with Gasteiger partial charge in [-0.15, -0.1) is 0 Å². The standard InChI is InChI=1S/C20H28N6O4/c27-16-11-25(7-5-21-16)19(29)20-4-1-2-6-26(20)10-13(9-20)22-18(28)17-14-12-30-8-3-15(14)23-24-17/h13H,1-12H2,(H,21,27)(H,22,28)(H,23,24)/t13-,20+/m0/s1. The van der Waals surface area contributed by atoms with Gasteiger partial charge in [0.25, 0.3) is 5.91 Å². The van der Waals surface area contributed by atoms with Crippen LogP contribution in [0.25, 0.3) is 0 Å². The minimum Gasteiger partial charge on any atom is -0.376 e. The molecule has 162 valence electrons. The molecule has 1 aromatic heterocycles.